The molecule has 3 N–H and O–H groups in total. The Morgan fingerprint density at radius 2 is 2.21 bits per heavy atom. The molecule has 1 aromatic carbocycles. The molecule has 0 atom stereocenters. The number of benzene rings is 1. The van der Waals surface area contributed by atoms with Crippen LogP contribution < -0.4 is 5.32 Å². The SMILES string of the molecule is O=C(Nc1cccc(CO)c1)c1cc2occc2[nH]1. The number of hydrogen-bond donors (Lipinski definition) is 3. The lowest BCUT2D eigenvalue weighted by Gasteiger charge is -2.05. The number of aliphatic hydroxyl groups is 1. The number of fused-ring (bicyclic) bond motifs is 1. The van der Waals surface area contributed by atoms with Crippen LogP contribution in [0, 0.1) is 0 Å². The smallest absolute Gasteiger partial charge is 0.272 e. The monoisotopic (exact) mass is 256 g/mol. The molecule has 0 saturated heterocycles. The normalized spacial score (nSPS) is 10.8. The van der Waals surface area contributed by atoms with Crippen LogP contribution in [0.3, 0.4) is 0 Å². The Morgan fingerprint density at radius 3 is 3.00 bits per heavy atom. The van der Waals surface area contributed by atoms with Crippen molar-refractivity contribution < 1.29 is 14.3 Å². The molecule has 2 heterocycles. The van der Waals surface area contributed by atoms with Crippen LogP contribution in [0.15, 0.2) is 47.1 Å². The molecule has 3 rings (SSSR count). The number of hydrogen-bond acceptors (Lipinski definition) is 3. The number of carbonyl (C=O) groups is 1. The van der Waals surface area contributed by atoms with Gasteiger partial charge >= 0.3 is 0 Å². The first kappa shape index (κ1) is 11.6. The van der Waals surface area contributed by atoms with Crippen molar-refractivity contribution in [2.24, 2.45) is 0 Å². The van der Waals surface area contributed by atoms with E-state index in [1.54, 1.807) is 42.7 Å². The lowest BCUT2D eigenvalue weighted by Crippen LogP contribution is -2.12. The van der Waals surface area contributed by atoms with E-state index >= 15 is 0 Å². The van der Waals surface area contributed by atoms with Gasteiger partial charge in [0, 0.05) is 17.8 Å². The van der Waals surface area contributed by atoms with E-state index in [0.717, 1.165) is 11.1 Å². The van der Waals surface area contributed by atoms with E-state index in [0.29, 0.717) is 17.0 Å². The van der Waals surface area contributed by atoms with Crippen LogP contribution in [0.4, 0.5) is 5.69 Å². The Labute approximate surface area is 108 Å². The third kappa shape index (κ3) is 2.23. The summed E-state index contributed by atoms with van der Waals surface area (Å²) in [6.45, 7) is -0.0564. The molecule has 0 spiro atoms. The standard InChI is InChI=1S/C14H12N2O3/c17-8-9-2-1-3-10(6-9)15-14(18)12-7-13-11(16-12)4-5-19-13/h1-7,16-17H,8H2,(H,15,18). The first-order chi connectivity index (χ1) is 9.26. The van der Waals surface area contributed by atoms with E-state index in [1.165, 1.54) is 0 Å². The molecule has 1 amide bonds. The number of anilines is 1. The van der Waals surface area contributed by atoms with Crippen molar-refractivity contribution in [2.75, 3.05) is 5.32 Å². The third-order valence-corrected chi connectivity index (χ3v) is 2.85. The molecule has 0 saturated carbocycles. The van der Waals surface area contributed by atoms with Crippen LogP contribution in [0.1, 0.15) is 16.1 Å². The molecule has 0 aliphatic heterocycles. The van der Waals surface area contributed by atoms with Crippen molar-refractivity contribution in [1.82, 2.24) is 4.98 Å². The molecule has 19 heavy (non-hydrogen) atoms. The minimum absolute atomic E-state index is 0.0564. The zero-order valence-electron chi connectivity index (χ0n) is 10.0. The van der Waals surface area contributed by atoms with Gasteiger partial charge in [-0.25, -0.2) is 0 Å². The highest BCUT2D eigenvalue weighted by atomic mass is 16.3. The quantitative estimate of drug-likeness (QED) is 0.673. The lowest BCUT2D eigenvalue weighted by molar-refractivity contribution is 0.102. The highest BCUT2D eigenvalue weighted by Gasteiger charge is 2.11. The summed E-state index contributed by atoms with van der Waals surface area (Å²) in [5.74, 6) is -0.249. The minimum Gasteiger partial charge on any atom is -0.463 e. The Kier molecular flexibility index (Phi) is 2.81. The maximum atomic E-state index is 12.0. The Morgan fingerprint density at radius 1 is 1.32 bits per heavy atom. The van der Waals surface area contributed by atoms with E-state index in [9.17, 15) is 4.79 Å². The molecule has 0 bridgehead atoms. The zero-order valence-corrected chi connectivity index (χ0v) is 10.0. The zero-order chi connectivity index (χ0) is 13.2. The second-order valence-corrected chi connectivity index (χ2v) is 4.19. The summed E-state index contributed by atoms with van der Waals surface area (Å²) in [5.41, 5.74) is 3.26. The second-order valence-electron chi connectivity index (χ2n) is 4.19. The number of nitrogens with one attached hydrogen (secondary N) is 2. The number of H-pyrrole nitrogens is 1. The van der Waals surface area contributed by atoms with Gasteiger partial charge in [-0.15, -0.1) is 0 Å². The highest BCUT2D eigenvalue weighted by Crippen LogP contribution is 2.17. The average Bonchev–Trinajstić information content (AvgIpc) is 2.99. The summed E-state index contributed by atoms with van der Waals surface area (Å²) in [5, 5.41) is 11.8. The van der Waals surface area contributed by atoms with Gasteiger partial charge in [-0.2, -0.15) is 0 Å². The van der Waals surface area contributed by atoms with Crippen LogP contribution in [-0.2, 0) is 6.61 Å². The first-order valence-corrected chi connectivity index (χ1v) is 5.83. The molecule has 0 fully saturated rings. The Hall–Kier alpha value is -2.53. The van der Waals surface area contributed by atoms with Gasteiger partial charge in [-0.05, 0) is 17.7 Å². The van der Waals surface area contributed by atoms with Crippen LogP contribution in [0.2, 0.25) is 0 Å². The first-order valence-electron chi connectivity index (χ1n) is 5.83. The minimum atomic E-state index is -0.249. The molecular weight excluding hydrogens is 244 g/mol. The van der Waals surface area contributed by atoms with Gasteiger partial charge in [0.1, 0.15) is 5.69 Å². The van der Waals surface area contributed by atoms with Gasteiger partial charge in [-0.1, -0.05) is 12.1 Å². The maximum absolute atomic E-state index is 12.0. The summed E-state index contributed by atoms with van der Waals surface area (Å²) < 4.78 is 5.19. The topological polar surface area (TPSA) is 78.3 Å². The fourth-order valence-electron chi connectivity index (χ4n) is 1.92. The lowest BCUT2D eigenvalue weighted by atomic mass is 10.2. The number of amides is 1. The predicted molar refractivity (Wildman–Crippen MR) is 70.9 cm³/mol. The molecule has 3 aromatic rings. The highest BCUT2D eigenvalue weighted by molar-refractivity contribution is 6.05. The Bertz CT molecular complexity index is 698. The number of aromatic amines is 1. The molecule has 0 aliphatic carbocycles. The number of aromatic nitrogens is 1. The second kappa shape index (κ2) is 4.62. The van der Waals surface area contributed by atoms with Crippen molar-refractivity contribution in [2.45, 2.75) is 6.61 Å². The summed E-state index contributed by atoms with van der Waals surface area (Å²) in [7, 11) is 0. The fraction of sp³-hybridized carbons (Fsp3) is 0.0714. The van der Waals surface area contributed by atoms with Crippen molar-refractivity contribution >= 4 is 22.7 Å². The Balaban J connectivity index is 1.82. The van der Waals surface area contributed by atoms with Crippen molar-refractivity contribution in [3.63, 3.8) is 0 Å². The van der Waals surface area contributed by atoms with Crippen LogP contribution in [0.25, 0.3) is 11.1 Å². The number of furan rings is 1. The van der Waals surface area contributed by atoms with Crippen molar-refractivity contribution in [3.8, 4) is 0 Å². The molecule has 5 heteroatoms. The van der Waals surface area contributed by atoms with E-state index in [1.807, 2.05) is 0 Å². The van der Waals surface area contributed by atoms with Crippen LogP contribution >= 0.6 is 0 Å². The van der Waals surface area contributed by atoms with E-state index in [2.05, 4.69) is 10.3 Å². The molecule has 5 nitrogen and oxygen atoms in total. The summed E-state index contributed by atoms with van der Waals surface area (Å²) in [6, 6.07) is 10.5. The van der Waals surface area contributed by atoms with Gasteiger partial charge in [-0.3, -0.25) is 4.79 Å². The van der Waals surface area contributed by atoms with E-state index in [4.69, 9.17) is 9.52 Å². The van der Waals surface area contributed by atoms with Crippen LogP contribution in [-0.4, -0.2) is 16.0 Å². The molecule has 0 unspecified atom stereocenters. The molecule has 0 radical (unpaired) electrons. The predicted octanol–water partition coefficient (Wildman–Crippen LogP) is 2.51. The van der Waals surface area contributed by atoms with E-state index < -0.39 is 0 Å². The van der Waals surface area contributed by atoms with Gasteiger partial charge in [0.2, 0.25) is 0 Å². The number of aliphatic hydroxyl groups excluding tert-OH is 1. The summed E-state index contributed by atoms with van der Waals surface area (Å²) in [6.07, 6.45) is 1.56. The molecule has 2 aromatic heterocycles. The van der Waals surface area contributed by atoms with Crippen LogP contribution in [0.5, 0.6) is 0 Å². The van der Waals surface area contributed by atoms with Gasteiger partial charge in [0.25, 0.3) is 5.91 Å². The molecular formula is C14H12N2O3. The molecule has 0 aliphatic rings. The average molecular weight is 256 g/mol. The third-order valence-electron chi connectivity index (χ3n) is 2.85. The largest absolute Gasteiger partial charge is 0.463 e. The number of rotatable bonds is 3. The van der Waals surface area contributed by atoms with Crippen molar-refractivity contribution in [1.29, 1.82) is 0 Å². The van der Waals surface area contributed by atoms with Gasteiger partial charge in [0.15, 0.2) is 5.58 Å². The van der Waals surface area contributed by atoms with E-state index in [-0.39, 0.29) is 12.5 Å². The number of carbonyl (C=O) groups excluding carboxylic acids is 1. The summed E-state index contributed by atoms with van der Waals surface area (Å²) >= 11 is 0. The van der Waals surface area contributed by atoms with Crippen molar-refractivity contribution in [3.05, 3.63) is 53.9 Å². The summed E-state index contributed by atoms with van der Waals surface area (Å²) in [4.78, 5) is 15.0. The van der Waals surface area contributed by atoms with Gasteiger partial charge < -0.3 is 19.8 Å². The maximum Gasteiger partial charge on any atom is 0.272 e. The fourth-order valence-corrected chi connectivity index (χ4v) is 1.92. The molecule has 96 valence electrons. The van der Waals surface area contributed by atoms with Gasteiger partial charge in [0.05, 0.1) is 18.4 Å².